The van der Waals surface area contributed by atoms with Crippen LogP contribution >= 0.6 is 11.6 Å². The number of carbonyl (C=O) groups is 1. The van der Waals surface area contributed by atoms with E-state index in [4.69, 9.17) is 16.3 Å². The van der Waals surface area contributed by atoms with Crippen LogP contribution in [0.15, 0.2) is 18.2 Å². The van der Waals surface area contributed by atoms with Gasteiger partial charge in [-0.2, -0.15) is 0 Å². The first-order chi connectivity index (χ1) is 10.2. The van der Waals surface area contributed by atoms with E-state index in [-0.39, 0.29) is 5.91 Å². The largest absolute Gasteiger partial charge is 0.496 e. The summed E-state index contributed by atoms with van der Waals surface area (Å²) in [5.74, 6) is 0.583. The van der Waals surface area contributed by atoms with Crippen molar-refractivity contribution in [2.75, 3.05) is 26.7 Å². The summed E-state index contributed by atoms with van der Waals surface area (Å²) in [6, 6.07) is 5.50. The van der Waals surface area contributed by atoms with Gasteiger partial charge in [0.15, 0.2) is 0 Å². The lowest BCUT2D eigenvalue weighted by molar-refractivity contribution is 0.0639. The summed E-state index contributed by atoms with van der Waals surface area (Å²) in [6.45, 7) is 4.81. The van der Waals surface area contributed by atoms with Crippen molar-refractivity contribution in [1.29, 1.82) is 0 Å². The summed E-state index contributed by atoms with van der Waals surface area (Å²) in [5.41, 5.74) is 0.592. The molecule has 1 aromatic carbocycles. The van der Waals surface area contributed by atoms with Crippen LogP contribution in [-0.2, 0) is 0 Å². The van der Waals surface area contributed by atoms with Gasteiger partial charge in [0.05, 0.1) is 12.7 Å². The number of benzene rings is 1. The van der Waals surface area contributed by atoms with Gasteiger partial charge in [0, 0.05) is 17.6 Å². The molecule has 1 saturated heterocycles. The Hall–Kier alpha value is -1.26. The van der Waals surface area contributed by atoms with Crippen LogP contribution in [0.25, 0.3) is 0 Å². The number of ether oxygens (including phenoxy) is 1. The molecule has 0 bridgehead atoms. The zero-order valence-electron chi connectivity index (χ0n) is 12.7. The predicted molar refractivity (Wildman–Crippen MR) is 85.2 cm³/mol. The van der Waals surface area contributed by atoms with Crippen molar-refractivity contribution >= 4 is 17.5 Å². The lowest BCUT2D eigenvalue weighted by Gasteiger charge is -2.35. The maximum Gasteiger partial charge on any atom is 0.257 e. The van der Waals surface area contributed by atoms with Gasteiger partial charge in [0.1, 0.15) is 5.75 Å². The molecule has 2 rings (SSSR count). The molecule has 5 heteroatoms. The molecular weight excluding hydrogens is 288 g/mol. The Morgan fingerprint density at radius 1 is 1.43 bits per heavy atom. The van der Waals surface area contributed by atoms with Crippen LogP contribution in [0.1, 0.15) is 36.5 Å². The number of piperidine rings is 1. The molecule has 0 radical (unpaired) electrons. The van der Waals surface area contributed by atoms with Gasteiger partial charge in [-0.25, -0.2) is 0 Å². The number of hydrogen-bond acceptors (Lipinski definition) is 3. The fraction of sp³-hybridized carbons (Fsp3) is 0.562. The summed E-state index contributed by atoms with van der Waals surface area (Å²) in [5, 5.41) is 3.92. The number of rotatable bonds is 5. The highest BCUT2D eigenvalue weighted by Gasteiger charge is 2.27. The number of nitrogens with one attached hydrogen (secondary N) is 1. The first-order valence-electron chi connectivity index (χ1n) is 7.52. The van der Waals surface area contributed by atoms with E-state index < -0.39 is 0 Å². The smallest absolute Gasteiger partial charge is 0.257 e. The maximum absolute atomic E-state index is 12.9. The molecule has 0 spiro atoms. The van der Waals surface area contributed by atoms with E-state index in [0.717, 1.165) is 38.9 Å². The summed E-state index contributed by atoms with van der Waals surface area (Å²) in [6.07, 6.45) is 2.95. The Kier molecular flexibility index (Phi) is 5.88. The van der Waals surface area contributed by atoms with E-state index in [1.54, 1.807) is 25.3 Å². The van der Waals surface area contributed by atoms with Crippen molar-refractivity contribution in [3.63, 3.8) is 0 Å². The van der Waals surface area contributed by atoms with Crippen LogP contribution in [0, 0.1) is 0 Å². The molecule has 1 aliphatic heterocycles. The van der Waals surface area contributed by atoms with Gasteiger partial charge in [-0.05, 0) is 50.6 Å². The maximum atomic E-state index is 12.9. The number of halogens is 1. The molecule has 0 atom stereocenters. The van der Waals surface area contributed by atoms with Crippen molar-refractivity contribution in [3.05, 3.63) is 28.8 Å². The zero-order valence-corrected chi connectivity index (χ0v) is 13.4. The Labute approximate surface area is 131 Å². The van der Waals surface area contributed by atoms with Crippen molar-refractivity contribution in [1.82, 2.24) is 10.2 Å². The molecule has 1 amide bonds. The average molecular weight is 311 g/mol. The quantitative estimate of drug-likeness (QED) is 0.909. The van der Waals surface area contributed by atoms with Crippen molar-refractivity contribution in [2.24, 2.45) is 0 Å². The Morgan fingerprint density at radius 3 is 2.76 bits per heavy atom. The van der Waals surface area contributed by atoms with Gasteiger partial charge in [0.2, 0.25) is 0 Å². The first kappa shape index (κ1) is 16.1. The number of amides is 1. The topological polar surface area (TPSA) is 41.6 Å². The van der Waals surface area contributed by atoms with E-state index in [2.05, 4.69) is 12.2 Å². The fourth-order valence-electron chi connectivity index (χ4n) is 2.81. The summed E-state index contributed by atoms with van der Waals surface area (Å²) >= 11 is 5.98. The Morgan fingerprint density at radius 2 is 2.14 bits per heavy atom. The van der Waals surface area contributed by atoms with Crippen molar-refractivity contribution in [2.45, 2.75) is 32.2 Å². The average Bonchev–Trinajstić information content (AvgIpc) is 2.52. The second-order valence-corrected chi connectivity index (χ2v) is 5.76. The van der Waals surface area contributed by atoms with E-state index in [0.29, 0.717) is 22.4 Å². The van der Waals surface area contributed by atoms with Crippen LogP contribution in [0.3, 0.4) is 0 Å². The fourth-order valence-corrected chi connectivity index (χ4v) is 2.97. The second-order valence-electron chi connectivity index (χ2n) is 5.32. The predicted octanol–water partition coefficient (Wildman–Crippen LogP) is 2.95. The molecule has 1 aromatic rings. The van der Waals surface area contributed by atoms with Gasteiger partial charge in [-0.1, -0.05) is 18.5 Å². The third-order valence-corrected chi connectivity index (χ3v) is 4.10. The van der Waals surface area contributed by atoms with E-state index >= 15 is 0 Å². The Balaban J connectivity index is 2.25. The molecule has 4 nitrogen and oxygen atoms in total. The third kappa shape index (κ3) is 3.89. The molecule has 0 aromatic heterocycles. The van der Waals surface area contributed by atoms with Crippen LogP contribution in [0.5, 0.6) is 5.75 Å². The standard InChI is InChI=1S/C16H23ClN2O2/c1-3-10-19(13-6-8-18-9-7-13)16(20)14-5-4-12(17)11-15(14)21-2/h4-5,11,13,18H,3,6-10H2,1-2H3. The van der Waals surface area contributed by atoms with Gasteiger partial charge in [-0.3, -0.25) is 4.79 Å². The SMILES string of the molecule is CCCN(C(=O)c1ccc(Cl)cc1OC)C1CCNCC1. The second kappa shape index (κ2) is 7.66. The minimum absolute atomic E-state index is 0.0391. The molecule has 0 aliphatic carbocycles. The van der Waals surface area contributed by atoms with Crippen LogP contribution in [-0.4, -0.2) is 43.6 Å². The van der Waals surface area contributed by atoms with Gasteiger partial charge in [-0.15, -0.1) is 0 Å². The van der Waals surface area contributed by atoms with E-state index in [1.165, 1.54) is 0 Å². The van der Waals surface area contributed by atoms with E-state index in [1.807, 2.05) is 4.90 Å². The lowest BCUT2D eigenvalue weighted by Crippen LogP contribution is -2.46. The van der Waals surface area contributed by atoms with Crippen LogP contribution in [0.4, 0.5) is 0 Å². The summed E-state index contributed by atoms with van der Waals surface area (Å²) < 4.78 is 5.32. The molecule has 21 heavy (non-hydrogen) atoms. The molecule has 0 unspecified atom stereocenters. The first-order valence-corrected chi connectivity index (χ1v) is 7.90. The summed E-state index contributed by atoms with van der Waals surface area (Å²) in [7, 11) is 1.57. The monoisotopic (exact) mass is 310 g/mol. The van der Waals surface area contributed by atoms with Crippen LogP contribution in [0.2, 0.25) is 5.02 Å². The number of nitrogens with zero attached hydrogens (tertiary/aromatic N) is 1. The highest BCUT2D eigenvalue weighted by atomic mass is 35.5. The number of carbonyl (C=O) groups excluding carboxylic acids is 1. The van der Waals surface area contributed by atoms with Crippen molar-refractivity contribution in [3.8, 4) is 5.75 Å². The summed E-state index contributed by atoms with van der Waals surface area (Å²) in [4.78, 5) is 14.9. The number of methoxy groups -OCH3 is 1. The normalized spacial score (nSPS) is 15.8. The van der Waals surface area contributed by atoms with Gasteiger partial charge < -0.3 is 15.0 Å². The lowest BCUT2D eigenvalue weighted by atomic mass is 10.0. The molecular formula is C16H23ClN2O2. The number of hydrogen-bond donors (Lipinski definition) is 1. The molecule has 1 fully saturated rings. The minimum atomic E-state index is 0.0391. The van der Waals surface area contributed by atoms with Crippen LogP contribution < -0.4 is 10.1 Å². The zero-order chi connectivity index (χ0) is 15.2. The molecule has 116 valence electrons. The molecule has 1 aliphatic rings. The van der Waals surface area contributed by atoms with Crippen molar-refractivity contribution < 1.29 is 9.53 Å². The highest BCUT2D eigenvalue weighted by Crippen LogP contribution is 2.26. The molecule has 1 heterocycles. The molecule has 1 N–H and O–H groups in total. The van der Waals surface area contributed by atoms with E-state index in [9.17, 15) is 4.79 Å². The minimum Gasteiger partial charge on any atom is -0.496 e. The Bertz CT molecular complexity index is 487. The third-order valence-electron chi connectivity index (χ3n) is 3.87. The van der Waals surface area contributed by atoms with Gasteiger partial charge in [0.25, 0.3) is 5.91 Å². The van der Waals surface area contributed by atoms with Gasteiger partial charge >= 0.3 is 0 Å². The highest BCUT2D eigenvalue weighted by molar-refractivity contribution is 6.30. The molecule has 0 saturated carbocycles.